The van der Waals surface area contributed by atoms with Crippen molar-refractivity contribution in [2.45, 2.75) is 213 Å². The molecule has 6 nitrogen and oxygen atoms in total. The van der Waals surface area contributed by atoms with Crippen LogP contribution in [-0.4, -0.2) is 41.2 Å². The van der Waals surface area contributed by atoms with Gasteiger partial charge in [0.15, 0.2) is 0 Å². The van der Waals surface area contributed by atoms with E-state index in [0.717, 1.165) is 93.6 Å². The van der Waals surface area contributed by atoms with E-state index in [1.165, 1.54) is 167 Å². The lowest BCUT2D eigenvalue weighted by molar-refractivity contribution is 0.303. The molecule has 3 rings (SSSR count). The molecule has 0 aliphatic heterocycles. The van der Waals surface area contributed by atoms with E-state index in [1.807, 2.05) is 30.4 Å². The number of rotatable bonds is 45. The van der Waals surface area contributed by atoms with E-state index in [2.05, 4.69) is 76.4 Å². The summed E-state index contributed by atoms with van der Waals surface area (Å²) in [5.41, 5.74) is 5.51. The summed E-state index contributed by atoms with van der Waals surface area (Å²) in [6, 6.07) is 12.3. The first kappa shape index (κ1) is 60.7. The van der Waals surface area contributed by atoms with Gasteiger partial charge in [-0.05, 0) is 55.7 Å². The summed E-state index contributed by atoms with van der Waals surface area (Å²) in [6.07, 6.45) is 50.5. The standard InChI is InChI=1S/C65H100O6/c1-9-14-17-20-23-26-29-32-35-38-45-69-63-52-56(61(67-7)48-55(63)13-5)41-44-59-51-62(68-8)57(53-65(59)71-47-40-37-34-31-28-25-22-19-16-11-3)42-43-58-50-60(66-6)54(12-4)49-64(58)70-46-39-36-33-30-27-24-21-18-15-10-2/h12-13,41-44,48-53H,4-5,9-11,14-40,45-47H2,1-3,6-8H3/b43-42+,44-41-. The first-order valence-corrected chi connectivity index (χ1v) is 28.6. The molecule has 3 aromatic carbocycles. The average Bonchev–Trinajstić information content (AvgIpc) is 3.39. The number of hydrogen-bond donors (Lipinski definition) is 0. The van der Waals surface area contributed by atoms with Crippen LogP contribution in [0, 0.1) is 0 Å². The van der Waals surface area contributed by atoms with Crippen LogP contribution < -0.4 is 28.4 Å². The molecule has 6 heteroatoms. The highest BCUT2D eigenvalue weighted by molar-refractivity contribution is 5.82. The molecule has 0 N–H and O–H groups in total. The molecule has 0 aromatic heterocycles. The summed E-state index contributed by atoms with van der Waals surface area (Å²) >= 11 is 0. The van der Waals surface area contributed by atoms with Crippen LogP contribution in [0.5, 0.6) is 34.5 Å². The molecule has 71 heavy (non-hydrogen) atoms. The Morgan fingerprint density at radius 3 is 0.761 bits per heavy atom. The Morgan fingerprint density at radius 1 is 0.282 bits per heavy atom. The van der Waals surface area contributed by atoms with Crippen molar-refractivity contribution in [3.8, 4) is 34.5 Å². The number of benzene rings is 3. The quantitative estimate of drug-likeness (QED) is 0.0415. The van der Waals surface area contributed by atoms with Crippen molar-refractivity contribution in [1.82, 2.24) is 0 Å². The second kappa shape index (κ2) is 40.0. The van der Waals surface area contributed by atoms with E-state index in [-0.39, 0.29) is 0 Å². The second-order valence-electron chi connectivity index (χ2n) is 19.6. The van der Waals surface area contributed by atoms with Gasteiger partial charge in [-0.3, -0.25) is 0 Å². The maximum atomic E-state index is 6.68. The summed E-state index contributed by atoms with van der Waals surface area (Å²) in [6.45, 7) is 16.9. The summed E-state index contributed by atoms with van der Waals surface area (Å²) < 4.78 is 37.4. The van der Waals surface area contributed by atoms with Crippen molar-refractivity contribution in [3.05, 3.63) is 82.9 Å². The lowest BCUT2D eigenvalue weighted by atomic mass is 10.0. The van der Waals surface area contributed by atoms with E-state index < -0.39 is 0 Å². The highest BCUT2D eigenvalue weighted by Gasteiger charge is 2.14. The van der Waals surface area contributed by atoms with E-state index in [0.29, 0.717) is 19.8 Å². The fourth-order valence-electron chi connectivity index (χ4n) is 9.19. The molecule has 3 aromatic rings. The minimum absolute atomic E-state index is 0.637. The van der Waals surface area contributed by atoms with Gasteiger partial charge in [-0.2, -0.15) is 0 Å². The third-order valence-corrected chi connectivity index (χ3v) is 13.7. The van der Waals surface area contributed by atoms with Gasteiger partial charge in [0.2, 0.25) is 0 Å². The predicted molar refractivity (Wildman–Crippen MR) is 309 cm³/mol. The van der Waals surface area contributed by atoms with Crippen molar-refractivity contribution in [2.24, 2.45) is 0 Å². The van der Waals surface area contributed by atoms with Crippen LogP contribution in [0.4, 0.5) is 0 Å². The van der Waals surface area contributed by atoms with Crippen LogP contribution >= 0.6 is 0 Å². The van der Waals surface area contributed by atoms with Gasteiger partial charge in [-0.25, -0.2) is 0 Å². The Labute approximate surface area is 435 Å². The molecule has 0 saturated carbocycles. The molecule has 0 atom stereocenters. The van der Waals surface area contributed by atoms with Gasteiger partial charge in [0.25, 0.3) is 0 Å². The van der Waals surface area contributed by atoms with Crippen LogP contribution in [0.25, 0.3) is 36.5 Å². The highest BCUT2D eigenvalue weighted by atomic mass is 16.5. The van der Waals surface area contributed by atoms with Gasteiger partial charge in [0.1, 0.15) is 34.5 Å². The fourth-order valence-corrected chi connectivity index (χ4v) is 9.19. The Morgan fingerprint density at radius 2 is 0.479 bits per heavy atom. The number of ether oxygens (including phenoxy) is 6. The summed E-state index contributed by atoms with van der Waals surface area (Å²) in [7, 11) is 5.14. The largest absolute Gasteiger partial charge is 0.496 e. The number of methoxy groups -OCH3 is 3. The third-order valence-electron chi connectivity index (χ3n) is 13.7. The highest BCUT2D eigenvalue weighted by Crippen LogP contribution is 2.37. The van der Waals surface area contributed by atoms with Crippen molar-refractivity contribution in [3.63, 3.8) is 0 Å². The summed E-state index contributed by atoms with van der Waals surface area (Å²) in [5.74, 6) is 4.68. The molecule has 0 spiro atoms. The first-order valence-electron chi connectivity index (χ1n) is 28.6. The Kier molecular flexibility index (Phi) is 34.2. The minimum Gasteiger partial charge on any atom is -0.496 e. The summed E-state index contributed by atoms with van der Waals surface area (Å²) in [4.78, 5) is 0. The van der Waals surface area contributed by atoms with Gasteiger partial charge in [-0.15, -0.1) is 0 Å². The molecule has 0 aliphatic rings. The average molecular weight is 978 g/mol. The third kappa shape index (κ3) is 25.1. The van der Waals surface area contributed by atoms with Gasteiger partial charge in [-0.1, -0.05) is 244 Å². The van der Waals surface area contributed by atoms with Crippen LogP contribution in [0.3, 0.4) is 0 Å². The smallest absolute Gasteiger partial charge is 0.127 e. The lowest BCUT2D eigenvalue weighted by Gasteiger charge is -2.16. The van der Waals surface area contributed by atoms with Crippen molar-refractivity contribution >= 4 is 36.5 Å². The molecule has 0 radical (unpaired) electrons. The Hall–Kier alpha value is -4.58. The van der Waals surface area contributed by atoms with E-state index >= 15 is 0 Å². The van der Waals surface area contributed by atoms with Crippen molar-refractivity contribution < 1.29 is 28.4 Å². The lowest BCUT2D eigenvalue weighted by Crippen LogP contribution is -2.01. The van der Waals surface area contributed by atoms with E-state index in [9.17, 15) is 0 Å². The molecule has 0 fully saturated rings. The molecular weight excluding hydrogens is 877 g/mol. The molecule has 0 aliphatic carbocycles. The minimum atomic E-state index is 0.637. The number of unbranched alkanes of at least 4 members (excludes halogenated alkanes) is 27. The zero-order chi connectivity index (χ0) is 51.0. The van der Waals surface area contributed by atoms with Crippen LogP contribution in [0.2, 0.25) is 0 Å². The molecule has 0 saturated heterocycles. The molecule has 0 bridgehead atoms. The fraction of sp³-hybridized carbons (Fsp3) is 0.600. The van der Waals surface area contributed by atoms with E-state index in [4.69, 9.17) is 28.4 Å². The molecular formula is C65H100O6. The van der Waals surface area contributed by atoms with Crippen LogP contribution in [0.15, 0.2) is 49.6 Å². The normalized spacial score (nSPS) is 11.4. The molecule has 396 valence electrons. The topological polar surface area (TPSA) is 55.4 Å². The predicted octanol–water partition coefficient (Wildman–Crippen LogP) is 20.2. The van der Waals surface area contributed by atoms with Crippen molar-refractivity contribution in [2.75, 3.05) is 41.2 Å². The van der Waals surface area contributed by atoms with Crippen LogP contribution in [-0.2, 0) is 0 Å². The first-order chi connectivity index (χ1) is 35.0. The number of hydrogen-bond acceptors (Lipinski definition) is 6. The zero-order valence-electron chi connectivity index (χ0n) is 46.1. The SMILES string of the molecule is C=Cc1cc(OCCCCCCCCCCCC)c(/C=C/c2cc(OCCCCCCCCCCCC)c(/C=C\c3cc(OCCCCCCCCCCCC)c(C=C)cc3OC)cc2OC)cc1OC. The van der Waals surface area contributed by atoms with Gasteiger partial charge < -0.3 is 28.4 Å². The van der Waals surface area contributed by atoms with Gasteiger partial charge >= 0.3 is 0 Å². The van der Waals surface area contributed by atoms with Crippen LogP contribution in [0.1, 0.15) is 247 Å². The second-order valence-corrected chi connectivity index (χ2v) is 19.6. The maximum Gasteiger partial charge on any atom is 0.127 e. The summed E-state index contributed by atoms with van der Waals surface area (Å²) in [5, 5.41) is 0. The van der Waals surface area contributed by atoms with E-state index in [1.54, 1.807) is 21.3 Å². The monoisotopic (exact) mass is 977 g/mol. The van der Waals surface area contributed by atoms with Crippen molar-refractivity contribution in [1.29, 1.82) is 0 Å². The Bertz CT molecular complexity index is 1930. The maximum absolute atomic E-state index is 6.68. The molecule has 0 amide bonds. The Balaban J connectivity index is 1.83. The van der Waals surface area contributed by atoms with Gasteiger partial charge in [0.05, 0.1) is 41.2 Å². The van der Waals surface area contributed by atoms with Gasteiger partial charge in [0, 0.05) is 33.4 Å². The zero-order valence-corrected chi connectivity index (χ0v) is 46.1. The molecule has 0 unspecified atom stereocenters. The molecule has 0 heterocycles.